The van der Waals surface area contributed by atoms with Gasteiger partial charge in [0.2, 0.25) is 5.82 Å². The van der Waals surface area contributed by atoms with Crippen LogP contribution in [-0.2, 0) is 0 Å². The van der Waals surface area contributed by atoms with Gasteiger partial charge in [0.05, 0.1) is 0 Å². The van der Waals surface area contributed by atoms with Crippen LogP contribution in [0.1, 0.15) is 0 Å². The van der Waals surface area contributed by atoms with Crippen molar-refractivity contribution in [1.29, 1.82) is 0 Å². The van der Waals surface area contributed by atoms with Crippen molar-refractivity contribution in [1.82, 2.24) is 0 Å². The van der Waals surface area contributed by atoms with Crippen LogP contribution in [0.15, 0.2) is 24.3 Å². The van der Waals surface area contributed by atoms with Crippen LogP contribution in [0.4, 0.5) is 26.3 Å². The molecule has 0 saturated carbocycles. The zero-order valence-electron chi connectivity index (χ0n) is 10.0. The van der Waals surface area contributed by atoms with Crippen LogP contribution in [0.3, 0.4) is 0 Å². The molecule has 0 unspecified atom stereocenters. The summed E-state index contributed by atoms with van der Waals surface area (Å²) in [5.74, 6) is -10.5. The summed E-state index contributed by atoms with van der Waals surface area (Å²) in [5.41, 5.74) is -1.03. The van der Waals surface area contributed by atoms with Crippen molar-refractivity contribution in [2.75, 3.05) is 0 Å². The zero-order chi connectivity index (χ0) is 15.7. The van der Waals surface area contributed by atoms with Crippen molar-refractivity contribution < 1.29 is 36.0 Å². The Balaban J connectivity index is 2.39. The monoisotopic (exact) mass is 306 g/mol. The molecule has 110 valence electrons. The second-order valence-corrected chi connectivity index (χ2v) is 3.93. The normalized spacial score (nSPS) is 10.6. The first kappa shape index (κ1) is 15.2. The minimum absolute atomic E-state index is 0.203. The first-order valence-corrected chi connectivity index (χ1v) is 5.44. The molecule has 21 heavy (non-hydrogen) atoms. The van der Waals surface area contributed by atoms with Crippen molar-refractivity contribution >= 4 is 12.6 Å². The van der Waals surface area contributed by atoms with Crippen LogP contribution in [0.25, 0.3) is 0 Å². The van der Waals surface area contributed by atoms with Gasteiger partial charge in [0, 0.05) is 11.5 Å². The third-order valence-electron chi connectivity index (χ3n) is 2.52. The van der Waals surface area contributed by atoms with Gasteiger partial charge in [-0.05, 0) is 18.2 Å². The minimum atomic E-state index is -2.44. The van der Waals surface area contributed by atoms with Gasteiger partial charge >= 0.3 is 7.12 Å². The van der Waals surface area contributed by atoms with E-state index in [0.717, 1.165) is 0 Å². The van der Waals surface area contributed by atoms with Crippen molar-refractivity contribution in [3.05, 3.63) is 59.2 Å². The molecular weight excluding hydrogens is 301 g/mol. The van der Waals surface area contributed by atoms with Crippen molar-refractivity contribution in [2.24, 2.45) is 0 Å². The number of halogens is 6. The molecule has 0 amide bonds. The average molecular weight is 306 g/mol. The van der Waals surface area contributed by atoms with Crippen LogP contribution in [-0.4, -0.2) is 12.1 Å². The molecule has 0 saturated heterocycles. The van der Waals surface area contributed by atoms with Crippen molar-refractivity contribution in [2.45, 2.75) is 0 Å². The molecule has 0 heterocycles. The van der Waals surface area contributed by atoms with Gasteiger partial charge in [-0.25, -0.2) is 22.0 Å². The van der Waals surface area contributed by atoms with Gasteiger partial charge < -0.3 is 9.68 Å². The lowest BCUT2D eigenvalue weighted by atomic mass is 9.78. The first-order valence-electron chi connectivity index (χ1n) is 5.44. The summed E-state index contributed by atoms with van der Waals surface area (Å²) < 4.78 is 83.1. The Kier molecular flexibility index (Phi) is 4.12. The largest absolute Gasteiger partial charge is 0.563 e. The third-order valence-corrected chi connectivity index (χ3v) is 2.52. The van der Waals surface area contributed by atoms with Crippen LogP contribution >= 0.6 is 0 Å². The Morgan fingerprint density at radius 2 is 1.43 bits per heavy atom. The highest BCUT2D eigenvalue weighted by Crippen LogP contribution is 2.24. The highest BCUT2D eigenvalue weighted by molar-refractivity contribution is 6.60. The molecule has 0 fully saturated rings. The van der Waals surface area contributed by atoms with Gasteiger partial charge in [-0.15, -0.1) is 0 Å². The molecule has 0 atom stereocenters. The van der Waals surface area contributed by atoms with E-state index in [1.54, 1.807) is 0 Å². The molecule has 2 aromatic carbocycles. The Bertz CT molecular complexity index is 694. The second kappa shape index (κ2) is 5.68. The molecule has 2 aromatic rings. The first-order chi connectivity index (χ1) is 9.81. The fourth-order valence-corrected chi connectivity index (χ4v) is 1.55. The van der Waals surface area contributed by atoms with E-state index in [1.807, 2.05) is 0 Å². The molecule has 0 bridgehead atoms. The second-order valence-electron chi connectivity index (χ2n) is 3.93. The average Bonchev–Trinajstić information content (AvgIpc) is 2.43. The predicted molar refractivity (Wildman–Crippen MR) is 60.9 cm³/mol. The summed E-state index contributed by atoms with van der Waals surface area (Å²) >= 11 is 0. The number of benzene rings is 2. The Hall–Kier alpha value is -2.16. The summed E-state index contributed by atoms with van der Waals surface area (Å²) in [6.07, 6.45) is 0. The van der Waals surface area contributed by atoms with E-state index in [-0.39, 0.29) is 6.07 Å². The summed E-state index contributed by atoms with van der Waals surface area (Å²) in [5, 5.41) is 9.49. The molecule has 1 N–H and O–H groups in total. The lowest BCUT2D eigenvalue weighted by Gasteiger charge is -2.13. The maximum Gasteiger partial charge on any atom is 0.563 e. The minimum Gasteiger partial charge on any atom is -0.528 e. The standard InChI is InChI=1S/C12H5BF6O2/c14-5-3-6(10(18)9(17)4-5)13(20)21-12-8(16)2-1-7(15)11(12)19/h1-4,20H. The molecular formula is C12H5BF6O2. The SMILES string of the molecule is OB(Oc1c(F)ccc(F)c1F)c1cc(F)cc(F)c1F. The van der Waals surface area contributed by atoms with Gasteiger partial charge in [0.1, 0.15) is 5.82 Å². The topological polar surface area (TPSA) is 29.5 Å². The summed E-state index contributed by atoms with van der Waals surface area (Å²) in [6.45, 7) is 0. The molecule has 2 nitrogen and oxygen atoms in total. The van der Waals surface area contributed by atoms with Gasteiger partial charge in [0.25, 0.3) is 0 Å². The van der Waals surface area contributed by atoms with Gasteiger partial charge in [-0.1, -0.05) is 0 Å². The fourth-order valence-electron chi connectivity index (χ4n) is 1.55. The molecule has 2 rings (SSSR count). The number of rotatable bonds is 3. The molecule has 0 aliphatic carbocycles. The number of hydrogen-bond acceptors (Lipinski definition) is 2. The van der Waals surface area contributed by atoms with Crippen molar-refractivity contribution in [3.8, 4) is 5.75 Å². The van der Waals surface area contributed by atoms with Crippen molar-refractivity contribution in [3.63, 3.8) is 0 Å². The molecule has 9 heteroatoms. The lowest BCUT2D eigenvalue weighted by Crippen LogP contribution is -2.40. The van der Waals surface area contributed by atoms with E-state index in [4.69, 9.17) is 0 Å². The fraction of sp³-hybridized carbons (Fsp3) is 0. The molecule has 0 aromatic heterocycles. The van der Waals surface area contributed by atoms with E-state index in [0.29, 0.717) is 18.2 Å². The van der Waals surface area contributed by atoms with E-state index in [1.165, 1.54) is 0 Å². The van der Waals surface area contributed by atoms with Gasteiger partial charge in [0.15, 0.2) is 29.0 Å². The van der Waals surface area contributed by atoms with Gasteiger partial charge in [-0.3, -0.25) is 0 Å². The Labute approximate surface area is 114 Å². The Morgan fingerprint density at radius 3 is 2.10 bits per heavy atom. The zero-order valence-corrected chi connectivity index (χ0v) is 10.0. The number of hydrogen-bond donors (Lipinski definition) is 1. The smallest absolute Gasteiger partial charge is 0.528 e. The van der Waals surface area contributed by atoms with Gasteiger partial charge in [-0.2, -0.15) is 4.39 Å². The summed E-state index contributed by atoms with van der Waals surface area (Å²) in [7, 11) is -2.44. The maximum absolute atomic E-state index is 13.4. The summed E-state index contributed by atoms with van der Waals surface area (Å²) in [4.78, 5) is 0. The van der Waals surface area contributed by atoms with E-state index in [9.17, 15) is 31.4 Å². The maximum atomic E-state index is 13.4. The van der Waals surface area contributed by atoms with E-state index < -0.39 is 53.2 Å². The predicted octanol–water partition coefficient (Wildman–Crippen LogP) is 2.29. The molecule has 0 aliphatic rings. The molecule has 0 radical (unpaired) electrons. The van der Waals surface area contributed by atoms with Crippen LogP contribution < -0.4 is 10.1 Å². The lowest BCUT2D eigenvalue weighted by molar-refractivity contribution is 0.376. The molecule has 0 spiro atoms. The third kappa shape index (κ3) is 2.97. The van der Waals surface area contributed by atoms with Crippen LogP contribution in [0.2, 0.25) is 0 Å². The van der Waals surface area contributed by atoms with E-state index >= 15 is 0 Å². The quantitative estimate of drug-likeness (QED) is 0.535. The highest BCUT2D eigenvalue weighted by Gasteiger charge is 2.29. The van der Waals surface area contributed by atoms with Crippen LogP contribution in [0, 0.1) is 34.9 Å². The summed E-state index contributed by atoms with van der Waals surface area (Å²) in [6, 6.07) is 1.54. The Morgan fingerprint density at radius 1 is 0.810 bits per heavy atom. The molecule has 0 aliphatic heterocycles. The van der Waals surface area contributed by atoms with Crippen LogP contribution in [0.5, 0.6) is 5.75 Å². The highest BCUT2D eigenvalue weighted by atomic mass is 19.2. The van der Waals surface area contributed by atoms with E-state index in [2.05, 4.69) is 4.65 Å².